The highest BCUT2D eigenvalue weighted by Crippen LogP contribution is 2.48. The topological polar surface area (TPSA) is 47.6 Å². The first kappa shape index (κ1) is 18.2. The molecule has 1 N–H and O–H groups in total. The van der Waals surface area contributed by atoms with E-state index in [2.05, 4.69) is 5.32 Å². The van der Waals surface area contributed by atoms with Crippen LogP contribution in [0.15, 0.2) is 0 Å². The van der Waals surface area contributed by atoms with E-state index >= 15 is 0 Å². The van der Waals surface area contributed by atoms with Crippen LogP contribution in [0.5, 0.6) is 0 Å². The van der Waals surface area contributed by atoms with Crippen LogP contribution in [-0.4, -0.2) is 32.5 Å². The summed E-state index contributed by atoms with van der Waals surface area (Å²) in [5.41, 5.74) is 0. The van der Waals surface area contributed by atoms with Gasteiger partial charge in [-0.15, -0.1) is 0 Å². The molecule has 5 heteroatoms. The van der Waals surface area contributed by atoms with Crippen LogP contribution in [0.25, 0.3) is 0 Å². The molecule has 0 unspecified atom stereocenters. The Balaban J connectivity index is 2.03. The molecule has 0 aromatic carbocycles. The van der Waals surface area contributed by atoms with E-state index in [9.17, 15) is 4.57 Å². The average molecular weight is 305 g/mol. The Morgan fingerprint density at radius 2 is 1.60 bits per heavy atom. The van der Waals surface area contributed by atoms with Crippen LogP contribution in [0, 0.1) is 5.92 Å². The molecule has 0 bridgehead atoms. The molecule has 1 aliphatic heterocycles. The predicted octanol–water partition coefficient (Wildman–Crippen LogP) is 4.20. The van der Waals surface area contributed by atoms with Crippen molar-refractivity contribution in [2.24, 2.45) is 5.92 Å². The third-order valence-electron chi connectivity index (χ3n) is 3.90. The van der Waals surface area contributed by atoms with E-state index in [1.54, 1.807) is 0 Å². The lowest BCUT2D eigenvalue weighted by Crippen LogP contribution is -2.27. The number of nitrogens with one attached hydrogen (secondary N) is 1. The van der Waals surface area contributed by atoms with Gasteiger partial charge >= 0.3 is 7.60 Å². The maximum absolute atomic E-state index is 12.2. The second-order valence-electron chi connectivity index (χ2n) is 5.57. The van der Waals surface area contributed by atoms with E-state index in [0.29, 0.717) is 19.4 Å². The molecule has 0 aromatic heterocycles. The third kappa shape index (κ3) is 7.78. The first-order chi connectivity index (χ1) is 9.70. The summed E-state index contributed by atoms with van der Waals surface area (Å²) in [5, 5.41) is 3.41. The standard InChI is InChI=1S/C15H32NO3P/c1-3-18-20(17,19-4-2)14-8-6-5-7-9-15-10-12-16-13-11-15/h15-16H,3-14H2,1-2H3. The van der Waals surface area contributed by atoms with E-state index in [1.807, 2.05) is 13.8 Å². The van der Waals surface area contributed by atoms with Gasteiger partial charge in [-0.05, 0) is 52.1 Å². The Hall–Kier alpha value is 0.110. The Morgan fingerprint density at radius 1 is 1.00 bits per heavy atom. The molecule has 1 heterocycles. The van der Waals surface area contributed by atoms with Gasteiger partial charge in [0, 0.05) is 0 Å². The highest BCUT2D eigenvalue weighted by Gasteiger charge is 2.22. The Morgan fingerprint density at radius 3 is 2.20 bits per heavy atom. The molecule has 1 aliphatic rings. The van der Waals surface area contributed by atoms with Crippen molar-refractivity contribution in [2.75, 3.05) is 32.5 Å². The van der Waals surface area contributed by atoms with Gasteiger partial charge in [-0.25, -0.2) is 0 Å². The molecule has 0 aromatic rings. The minimum absolute atomic E-state index is 0.465. The average Bonchev–Trinajstić information content (AvgIpc) is 2.44. The highest BCUT2D eigenvalue weighted by molar-refractivity contribution is 7.53. The second kappa shape index (κ2) is 10.8. The van der Waals surface area contributed by atoms with Gasteiger partial charge in [0.25, 0.3) is 0 Å². The van der Waals surface area contributed by atoms with Crippen molar-refractivity contribution in [1.29, 1.82) is 0 Å². The van der Waals surface area contributed by atoms with Gasteiger partial charge < -0.3 is 14.4 Å². The van der Waals surface area contributed by atoms with Crippen LogP contribution in [0.2, 0.25) is 0 Å². The van der Waals surface area contributed by atoms with Crippen LogP contribution in [0.3, 0.4) is 0 Å². The van der Waals surface area contributed by atoms with Crippen LogP contribution < -0.4 is 5.32 Å². The first-order valence-corrected chi connectivity index (χ1v) is 10.0. The van der Waals surface area contributed by atoms with E-state index in [1.165, 1.54) is 45.2 Å². The predicted molar refractivity (Wildman–Crippen MR) is 84.4 cm³/mol. The molecule has 0 saturated carbocycles. The van der Waals surface area contributed by atoms with Gasteiger partial charge in [0.15, 0.2) is 0 Å². The van der Waals surface area contributed by atoms with E-state index in [-0.39, 0.29) is 0 Å². The minimum Gasteiger partial charge on any atom is -0.317 e. The minimum atomic E-state index is -2.80. The molecule has 0 spiro atoms. The van der Waals surface area contributed by atoms with E-state index in [0.717, 1.165) is 18.8 Å². The Kier molecular flexibility index (Phi) is 9.79. The second-order valence-corrected chi connectivity index (χ2v) is 7.75. The fraction of sp³-hybridized carbons (Fsp3) is 1.00. The van der Waals surface area contributed by atoms with E-state index < -0.39 is 7.60 Å². The quantitative estimate of drug-likeness (QED) is 0.459. The monoisotopic (exact) mass is 305 g/mol. The summed E-state index contributed by atoms with van der Waals surface area (Å²) in [5.74, 6) is 0.925. The van der Waals surface area contributed by atoms with Crippen molar-refractivity contribution in [3.8, 4) is 0 Å². The van der Waals surface area contributed by atoms with Gasteiger partial charge in [-0.1, -0.05) is 25.7 Å². The fourth-order valence-electron chi connectivity index (χ4n) is 2.82. The highest BCUT2D eigenvalue weighted by atomic mass is 31.2. The molecular weight excluding hydrogens is 273 g/mol. The molecule has 20 heavy (non-hydrogen) atoms. The normalized spacial score (nSPS) is 17.5. The number of piperidine rings is 1. The van der Waals surface area contributed by atoms with Crippen LogP contribution in [0.1, 0.15) is 58.8 Å². The molecular formula is C15H32NO3P. The Labute approximate surface area is 124 Å². The number of rotatable bonds is 11. The molecule has 0 atom stereocenters. The summed E-state index contributed by atoms with van der Waals surface area (Å²) in [6.45, 7) is 7.04. The van der Waals surface area contributed by atoms with Gasteiger partial charge in [-0.3, -0.25) is 4.57 Å². The molecule has 1 rings (SSSR count). The lowest BCUT2D eigenvalue weighted by atomic mass is 9.92. The van der Waals surface area contributed by atoms with Gasteiger partial charge in [-0.2, -0.15) is 0 Å². The van der Waals surface area contributed by atoms with Crippen molar-refractivity contribution >= 4 is 7.60 Å². The summed E-state index contributed by atoms with van der Waals surface area (Å²) in [7, 11) is -2.80. The summed E-state index contributed by atoms with van der Waals surface area (Å²) in [4.78, 5) is 0. The zero-order chi connectivity index (χ0) is 14.7. The molecule has 4 nitrogen and oxygen atoms in total. The van der Waals surface area contributed by atoms with Crippen molar-refractivity contribution in [3.05, 3.63) is 0 Å². The SMILES string of the molecule is CCOP(=O)(CCCCCCC1CCNCC1)OCC. The van der Waals surface area contributed by atoms with Crippen LogP contribution in [-0.2, 0) is 13.6 Å². The van der Waals surface area contributed by atoms with Crippen LogP contribution >= 0.6 is 7.60 Å². The van der Waals surface area contributed by atoms with Crippen molar-refractivity contribution in [3.63, 3.8) is 0 Å². The first-order valence-electron chi connectivity index (χ1n) is 8.29. The van der Waals surface area contributed by atoms with E-state index in [4.69, 9.17) is 9.05 Å². The van der Waals surface area contributed by atoms with Crippen molar-refractivity contribution < 1.29 is 13.6 Å². The van der Waals surface area contributed by atoms with Gasteiger partial charge in [0.05, 0.1) is 19.4 Å². The lowest BCUT2D eigenvalue weighted by molar-refractivity contribution is 0.219. The zero-order valence-corrected chi connectivity index (χ0v) is 14.1. The summed E-state index contributed by atoms with van der Waals surface area (Å²) in [6, 6.07) is 0. The fourth-order valence-corrected chi connectivity index (χ4v) is 4.55. The number of hydrogen-bond donors (Lipinski definition) is 1. The van der Waals surface area contributed by atoms with Crippen molar-refractivity contribution in [1.82, 2.24) is 5.32 Å². The van der Waals surface area contributed by atoms with Crippen LogP contribution in [0.4, 0.5) is 0 Å². The summed E-state index contributed by atoms with van der Waals surface area (Å²) in [6.07, 6.45) is 9.23. The molecule has 1 saturated heterocycles. The molecule has 0 amide bonds. The number of hydrogen-bond acceptors (Lipinski definition) is 4. The number of unbranched alkanes of at least 4 members (excludes halogenated alkanes) is 3. The largest absolute Gasteiger partial charge is 0.330 e. The Bertz CT molecular complexity index is 270. The maximum Gasteiger partial charge on any atom is 0.330 e. The molecule has 1 fully saturated rings. The van der Waals surface area contributed by atoms with Gasteiger partial charge in [0.1, 0.15) is 0 Å². The molecule has 0 radical (unpaired) electrons. The third-order valence-corrected chi connectivity index (χ3v) is 6.07. The molecule has 120 valence electrons. The molecule has 0 aliphatic carbocycles. The summed E-state index contributed by atoms with van der Waals surface area (Å²) >= 11 is 0. The lowest BCUT2D eigenvalue weighted by Gasteiger charge is -2.22. The smallest absolute Gasteiger partial charge is 0.317 e. The maximum atomic E-state index is 12.2. The van der Waals surface area contributed by atoms with Crippen molar-refractivity contribution in [2.45, 2.75) is 58.8 Å². The zero-order valence-electron chi connectivity index (χ0n) is 13.2. The summed E-state index contributed by atoms with van der Waals surface area (Å²) < 4.78 is 22.8. The van der Waals surface area contributed by atoms with Gasteiger partial charge in [0.2, 0.25) is 0 Å².